The van der Waals surface area contributed by atoms with Crippen LogP contribution >= 0.6 is 24.0 Å². The number of hydrogen-bond donors (Lipinski definition) is 2. The van der Waals surface area contributed by atoms with E-state index in [2.05, 4.69) is 48.3 Å². The van der Waals surface area contributed by atoms with Crippen molar-refractivity contribution in [2.45, 2.75) is 11.4 Å². The van der Waals surface area contributed by atoms with E-state index >= 15 is 0 Å². The van der Waals surface area contributed by atoms with Crippen LogP contribution in [0.1, 0.15) is 0 Å². The summed E-state index contributed by atoms with van der Waals surface area (Å²) < 4.78 is 3.14. The molecule has 5 heteroatoms. The van der Waals surface area contributed by atoms with Crippen LogP contribution in [-0.2, 0) is 11.3 Å². The molecule has 4 aromatic rings. The average molecular weight is 378 g/mol. The molecule has 0 fully saturated rings. The molecule has 0 unspecified atom stereocenters. The molecule has 4 rings (SSSR count). The van der Waals surface area contributed by atoms with E-state index in [-0.39, 0.29) is 12.5 Å². The largest absolute Gasteiger partial charge is 0.320 e. The second-order valence-electron chi connectivity index (χ2n) is 5.97. The number of thiazole rings is 1. The highest BCUT2D eigenvalue weighted by molar-refractivity contribution is 7.80. The average Bonchev–Trinajstić information content (AvgIpc) is 3.06. The molecule has 3 nitrogen and oxygen atoms in total. The van der Waals surface area contributed by atoms with E-state index in [1.807, 2.05) is 52.5 Å². The molecular formula is C21H17N2OS2+. The first-order chi connectivity index (χ1) is 12.7. The first-order valence-electron chi connectivity index (χ1n) is 8.25. The molecule has 0 aliphatic rings. The van der Waals surface area contributed by atoms with E-state index < -0.39 is 0 Å². The van der Waals surface area contributed by atoms with Gasteiger partial charge >= 0.3 is 0 Å². The summed E-state index contributed by atoms with van der Waals surface area (Å²) in [5.41, 5.74) is 6.15. The molecule has 0 saturated carbocycles. The second-order valence-corrected chi connectivity index (χ2v) is 7.33. The number of nitrogens with zero attached hydrogens (tertiary/aromatic N) is 1. The maximum atomic E-state index is 12.4. The minimum absolute atomic E-state index is 0.0664. The smallest absolute Gasteiger partial charge is 0.290 e. The van der Waals surface area contributed by atoms with Gasteiger partial charge < -0.3 is 5.32 Å². The van der Waals surface area contributed by atoms with Crippen LogP contribution in [0.4, 0.5) is 5.69 Å². The van der Waals surface area contributed by atoms with Crippen LogP contribution in [0.5, 0.6) is 0 Å². The molecule has 128 valence electrons. The van der Waals surface area contributed by atoms with Crippen molar-refractivity contribution in [3.63, 3.8) is 0 Å². The monoisotopic (exact) mass is 377 g/mol. The summed E-state index contributed by atoms with van der Waals surface area (Å²) in [4.78, 5) is 13.2. The lowest BCUT2D eigenvalue weighted by Gasteiger charge is -2.05. The van der Waals surface area contributed by atoms with E-state index in [0.29, 0.717) is 0 Å². The van der Waals surface area contributed by atoms with Gasteiger partial charge in [-0.25, -0.2) is 0 Å². The normalized spacial score (nSPS) is 10.8. The van der Waals surface area contributed by atoms with Gasteiger partial charge in [0.25, 0.3) is 5.91 Å². The number of fused-ring (bicyclic) bond motifs is 1. The highest BCUT2D eigenvalue weighted by Gasteiger charge is 2.17. The van der Waals surface area contributed by atoms with Crippen LogP contribution in [0.15, 0.2) is 83.2 Å². The highest BCUT2D eigenvalue weighted by Crippen LogP contribution is 2.25. The van der Waals surface area contributed by atoms with Gasteiger partial charge in [0.1, 0.15) is 4.70 Å². The van der Waals surface area contributed by atoms with Crippen molar-refractivity contribution in [1.29, 1.82) is 0 Å². The third-order valence-corrected chi connectivity index (χ3v) is 5.51. The molecular weight excluding hydrogens is 360 g/mol. The fourth-order valence-corrected chi connectivity index (χ4v) is 4.03. The lowest BCUT2D eigenvalue weighted by atomic mass is 10.1. The third-order valence-electron chi connectivity index (χ3n) is 4.18. The Morgan fingerprint density at radius 3 is 2.54 bits per heavy atom. The Hall–Kier alpha value is -2.63. The number of amides is 1. The first-order valence-corrected chi connectivity index (χ1v) is 9.57. The zero-order chi connectivity index (χ0) is 17.9. The zero-order valence-electron chi connectivity index (χ0n) is 13.9. The highest BCUT2D eigenvalue weighted by atomic mass is 32.1. The van der Waals surface area contributed by atoms with Crippen molar-refractivity contribution in [2.24, 2.45) is 0 Å². The summed E-state index contributed by atoms with van der Waals surface area (Å²) in [5, 5.41) is 2.92. The first kappa shape index (κ1) is 16.8. The quantitative estimate of drug-likeness (QED) is 0.389. The lowest BCUT2D eigenvalue weighted by molar-refractivity contribution is -0.653. The van der Waals surface area contributed by atoms with Gasteiger partial charge in [0.2, 0.25) is 17.6 Å². The molecule has 0 bridgehead atoms. The number of carbonyl (C=O) groups excluding carboxylic acids is 1. The Kier molecular flexibility index (Phi) is 4.73. The van der Waals surface area contributed by atoms with Gasteiger partial charge in [-0.15, -0.1) is 12.6 Å². The second kappa shape index (κ2) is 7.32. The molecule has 0 saturated heterocycles. The van der Waals surface area contributed by atoms with E-state index in [4.69, 9.17) is 0 Å². The summed E-state index contributed by atoms with van der Waals surface area (Å²) >= 11 is 6.01. The Labute approximate surface area is 161 Å². The van der Waals surface area contributed by atoms with Crippen LogP contribution in [0.2, 0.25) is 0 Å². The molecule has 1 amide bonds. The molecule has 0 atom stereocenters. The summed E-state index contributed by atoms with van der Waals surface area (Å²) in [5.74, 6) is -0.0664. The van der Waals surface area contributed by atoms with Crippen molar-refractivity contribution in [2.75, 3.05) is 5.32 Å². The number of carbonyl (C=O) groups is 1. The maximum Gasteiger partial charge on any atom is 0.290 e. The summed E-state index contributed by atoms with van der Waals surface area (Å²) in [6.45, 7) is 0.271. The van der Waals surface area contributed by atoms with E-state index in [0.717, 1.165) is 20.8 Å². The standard InChI is InChI=1S/C21H16N2OS2/c24-21(22-17-8-4-5-9-19(17)25)13-23-14-26-20-12-16(10-11-18(20)23)15-6-2-1-3-7-15/h1-12,14H,13H2,(H-,22,24,25)/p+1. The maximum absolute atomic E-state index is 12.4. The number of aromatic nitrogens is 1. The Balaban J connectivity index is 1.56. The molecule has 1 N–H and O–H groups in total. The minimum Gasteiger partial charge on any atom is -0.320 e. The molecule has 0 radical (unpaired) electrons. The third kappa shape index (κ3) is 3.49. The van der Waals surface area contributed by atoms with Gasteiger partial charge in [0.05, 0.1) is 5.69 Å². The van der Waals surface area contributed by atoms with Crippen molar-refractivity contribution >= 4 is 45.8 Å². The SMILES string of the molecule is O=C(C[n+]1csc2cc(-c3ccccc3)ccc21)Nc1ccccc1S. The molecule has 3 aromatic carbocycles. The summed E-state index contributed by atoms with van der Waals surface area (Å²) in [6.07, 6.45) is 0. The molecule has 1 heterocycles. The Morgan fingerprint density at radius 2 is 1.73 bits per heavy atom. The molecule has 1 aromatic heterocycles. The molecule has 26 heavy (non-hydrogen) atoms. The van der Waals surface area contributed by atoms with Crippen LogP contribution in [-0.4, -0.2) is 5.91 Å². The number of nitrogens with one attached hydrogen (secondary N) is 1. The van der Waals surface area contributed by atoms with Gasteiger partial charge in [-0.2, -0.15) is 4.57 Å². The number of hydrogen-bond acceptors (Lipinski definition) is 3. The van der Waals surface area contributed by atoms with Gasteiger partial charge in [0, 0.05) is 11.0 Å². The van der Waals surface area contributed by atoms with Crippen molar-refractivity contribution in [3.05, 3.63) is 78.3 Å². The van der Waals surface area contributed by atoms with Gasteiger partial charge in [-0.3, -0.25) is 4.79 Å². The predicted octanol–water partition coefficient (Wildman–Crippen LogP) is 4.78. The van der Waals surface area contributed by atoms with Crippen molar-refractivity contribution in [1.82, 2.24) is 0 Å². The minimum atomic E-state index is -0.0664. The zero-order valence-corrected chi connectivity index (χ0v) is 15.6. The number of anilines is 1. The van der Waals surface area contributed by atoms with Gasteiger partial charge in [0.15, 0.2) is 0 Å². The van der Waals surface area contributed by atoms with E-state index in [1.165, 1.54) is 11.1 Å². The van der Waals surface area contributed by atoms with Crippen LogP contribution in [0, 0.1) is 0 Å². The number of thiol groups is 1. The summed E-state index contributed by atoms with van der Waals surface area (Å²) in [7, 11) is 0. The van der Waals surface area contributed by atoms with Crippen molar-refractivity contribution in [3.8, 4) is 11.1 Å². The van der Waals surface area contributed by atoms with Crippen LogP contribution < -0.4 is 9.88 Å². The fraction of sp³-hybridized carbons (Fsp3) is 0.0476. The summed E-state index contributed by atoms with van der Waals surface area (Å²) in [6, 6.07) is 24.1. The topological polar surface area (TPSA) is 33.0 Å². The number of benzene rings is 3. The Bertz CT molecular complexity index is 1070. The van der Waals surface area contributed by atoms with E-state index in [9.17, 15) is 4.79 Å². The number of rotatable bonds is 4. The Morgan fingerprint density at radius 1 is 0.962 bits per heavy atom. The van der Waals surface area contributed by atoms with Crippen molar-refractivity contribution < 1.29 is 9.36 Å². The fourth-order valence-electron chi connectivity index (χ4n) is 2.88. The van der Waals surface area contributed by atoms with Crippen LogP contribution in [0.3, 0.4) is 0 Å². The van der Waals surface area contributed by atoms with Crippen LogP contribution in [0.25, 0.3) is 21.3 Å². The molecule has 0 spiro atoms. The van der Waals surface area contributed by atoms with Gasteiger partial charge in [-0.05, 0) is 35.4 Å². The number of para-hydroxylation sites is 1. The van der Waals surface area contributed by atoms with E-state index in [1.54, 1.807) is 11.3 Å². The van der Waals surface area contributed by atoms with Gasteiger partial charge in [-0.1, -0.05) is 53.8 Å². The molecule has 0 aliphatic heterocycles. The molecule has 0 aliphatic carbocycles. The lowest BCUT2D eigenvalue weighted by Crippen LogP contribution is -2.38. The predicted molar refractivity (Wildman–Crippen MR) is 110 cm³/mol.